The molecule has 1 aromatic heterocycles. The highest BCUT2D eigenvalue weighted by molar-refractivity contribution is 9.10. The van der Waals surface area contributed by atoms with Crippen molar-refractivity contribution in [2.75, 3.05) is 0 Å². The van der Waals surface area contributed by atoms with E-state index in [0.717, 1.165) is 11.3 Å². The third kappa shape index (κ3) is 3.19. The Hall–Kier alpha value is -1.40. The number of nitrogens with two attached hydrogens (primary N) is 1. The van der Waals surface area contributed by atoms with Crippen LogP contribution in [-0.4, -0.2) is 15.8 Å². The maximum Gasteiger partial charge on any atom is 0.221 e. The number of halogens is 2. The molecule has 108 valence electrons. The number of hydrogen-bond donors (Lipinski definition) is 1. The Balaban J connectivity index is 2.34. The molecule has 0 amide bonds. The molecule has 4 nitrogen and oxygen atoms in total. The van der Waals surface area contributed by atoms with E-state index in [2.05, 4.69) is 21.0 Å². The highest BCUT2D eigenvalue weighted by atomic mass is 79.9. The van der Waals surface area contributed by atoms with E-state index in [-0.39, 0.29) is 11.9 Å². The molecule has 0 bridgehead atoms. The minimum atomic E-state index is -0.325. The van der Waals surface area contributed by atoms with Gasteiger partial charge in [-0.3, -0.25) is 0 Å². The lowest BCUT2D eigenvalue weighted by Gasteiger charge is -2.11. The third-order valence-corrected chi connectivity index (χ3v) is 3.53. The Morgan fingerprint density at radius 2 is 2.20 bits per heavy atom. The fourth-order valence-corrected chi connectivity index (χ4v) is 2.38. The second-order valence-electron chi connectivity index (χ2n) is 4.85. The van der Waals surface area contributed by atoms with Crippen LogP contribution in [0.2, 0.25) is 0 Å². The van der Waals surface area contributed by atoms with Gasteiger partial charge >= 0.3 is 0 Å². The first-order chi connectivity index (χ1) is 9.38. The minimum Gasteiger partial charge on any atom is -0.439 e. The predicted molar refractivity (Wildman–Crippen MR) is 79.5 cm³/mol. The van der Waals surface area contributed by atoms with Crippen molar-refractivity contribution < 1.29 is 9.13 Å². The number of benzene rings is 1. The van der Waals surface area contributed by atoms with E-state index in [9.17, 15) is 4.39 Å². The summed E-state index contributed by atoms with van der Waals surface area (Å²) in [5, 5.41) is 4.35. The zero-order valence-electron chi connectivity index (χ0n) is 11.7. The number of hydrogen-bond acceptors (Lipinski definition) is 3. The van der Waals surface area contributed by atoms with E-state index in [4.69, 9.17) is 10.5 Å². The summed E-state index contributed by atoms with van der Waals surface area (Å²) in [6.07, 6.45) is 0.678. The lowest BCUT2D eigenvalue weighted by atomic mass is 10.1. The molecule has 0 fully saturated rings. The van der Waals surface area contributed by atoms with Gasteiger partial charge in [0.2, 0.25) is 5.88 Å². The average molecular weight is 342 g/mol. The van der Waals surface area contributed by atoms with Gasteiger partial charge in [0.1, 0.15) is 11.6 Å². The van der Waals surface area contributed by atoms with Crippen molar-refractivity contribution in [3.63, 3.8) is 0 Å². The van der Waals surface area contributed by atoms with Crippen LogP contribution in [0.5, 0.6) is 11.6 Å². The first kappa shape index (κ1) is 15.0. The molecular formula is C14H17BrFN3O. The first-order valence-electron chi connectivity index (χ1n) is 6.29. The van der Waals surface area contributed by atoms with Crippen LogP contribution < -0.4 is 10.5 Å². The minimum absolute atomic E-state index is 0.0141. The van der Waals surface area contributed by atoms with Gasteiger partial charge < -0.3 is 10.5 Å². The molecule has 1 atom stereocenters. The molecule has 1 heterocycles. The van der Waals surface area contributed by atoms with Crippen LogP contribution in [-0.2, 0) is 13.5 Å². The quantitative estimate of drug-likeness (QED) is 0.928. The number of nitrogens with zero attached hydrogens (tertiary/aromatic N) is 2. The number of aromatic nitrogens is 2. The Labute approximate surface area is 125 Å². The fourth-order valence-electron chi connectivity index (χ4n) is 2.02. The van der Waals surface area contributed by atoms with Crippen molar-refractivity contribution in [3.8, 4) is 11.6 Å². The summed E-state index contributed by atoms with van der Waals surface area (Å²) < 4.78 is 21.1. The molecular weight excluding hydrogens is 325 g/mol. The summed E-state index contributed by atoms with van der Waals surface area (Å²) >= 11 is 3.14. The van der Waals surface area contributed by atoms with Crippen LogP contribution >= 0.6 is 15.9 Å². The second kappa shape index (κ2) is 5.93. The molecule has 0 aliphatic carbocycles. The van der Waals surface area contributed by atoms with Crippen molar-refractivity contribution >= 4 is 15.9 Å². The number of aryl methyl sites for hydroxylation is 2. The van der Waals surface area contributed by atoms with Gasteiger partial charge in [-0.05, 0) is 54.4 Å². The van der Waals surface area contributed by atoms with Crippen LogP contribution in [0.3, 0.4) is 0 Å². The van der Waals surface area contributed by atoms with Crippen LogP contribution in [0, 0.1) is 12.7 Å². The van der Waals surface area contributed by atoms with E-state index in [1.165, 1.54) is 6.07 Å². The SMILES string of the molecule is Cc1nn(C)c(Oc2ccc(F)c(Br)c2)c1CC(C)N. The Bertz CT molecular complexity index is 625. The Morgan fingerprint density at radius 1 is 1.50 bits per heavy atom. The normalized spacial score (nSPS) is 12.5. The van der Waals surface area contributed by atoms with Crippen LogP contribution in [0.25, 0.3) is 0 Å². The maximum absolute atomic E-state index is 13.2. The monoisotopic (exact) mass is 341 g/mol. The van der Waals surface area contributed by atoms with Crippen LogP contribution in [0.15, 0.2) is 22.7 Å². The molecule has 0 saturated carbocycles. The fraction of sp³-hybridized carbons (Fsp3) is 0.357. The molecule has 20 heavy (non-hydrogen) atoms. The summed E-state index contributed by atoms with van der Waals surface area (Å²) in [5.74, 6) is 0.861. The predicted octanol–water partition coefficient (Wildman–Crippen LogP) is 3.31. The van der Waals surface area contributed by atoms with Crippen molar-refractivity contribution in [1.82, 2.24) is 9.78 Å². The maximum atomic E-state index is 13.2. The van der Waals surface area contributed by atoms with E-state index in [1.54, 1.807) is 16.8 Å². The van der Waals surface area contributed by atoms with Crippen molar-refractivity contribution in [1.29, 1.82) is 0 Å². The highest BCUT2D eigenvalue weighted by Crippen LogP contribution is 2.30. The van der Waals surface area contributed by atoms with Crippen molar-refractivity contribution in [2.45, 2.75) is 26.3 Å². The highest BCUT2D eigenvalue weighted by Gasteiger charge is 2.17. The van der Waals surface area contributed by atoms with E-state index in [0.29, 0.717) is 22.5 Å². The summed E-state index contributed by atoms with van der Waals surface area (Å²) in [6.45, 7) is 3.86. The molecule has 0 saturated heterocycles. The average Bonchev–Trinajstić information content (AvgIpc) is 2.60. The lowest BCUT2D eigenvalue weighted by Crippen LogP contribution is -2.18. The first-order valence-corrected chi connectivity index (χ1v) is 7.08. The topological polar surface area (TPSA) is 53.1 Å². The van der Waals surface area contributed by atoms with Gasteiger partial charge in [-0.1, -0.05) is 0 Å². The Morgan fingerprint density at radius 3 is 2.80 bits per heavy atom. The number of ether oxygens (including phenoxy) is 1. The van der Waals surface area contributed by atoms with Gasteiger partial charge in [0.05, 0.1) is 10.2 Å². The van der Waals surface area contributed by atoms with Gasteiger partial charge in [0.15, 0.2) is 0 Å². The summed E-state index contributed by atoms with van der Waals surface area (Å²) in [5.41, 5.74) is 7.72. The van der Waals surface area contributed by atoms with Crippen molar-refractivity contribution in [2.24, 2.45) is 12.8 Å². The summed E-state index contributed by atoms with van der Waals surface area (Å²) in [4.78, 5) is 0. The molecule has 2 aromatic rings. The van der Waals surface area contributed by atoms with Crippen molar-refractivity contribution in [3.05, 3.63) is 39.7 Å². The van der Waals surface area contributed by atoms with E-state index >= 15 is 0 Å². The summed E-state index contributed by atoms with van der Waals surface area (Å²) in [7, 11) is 1.81. The number of rotatable bonds is 4. The molecule has 0 radical (unpaired) electrons. The standard InChI is InChI=1S/C14H17BrFN3O/c1-8(17)6-11-9(2)18-19(3)14(11)20-10-4-5-13(16)12(15)7-10/h4-5,7-8H,6,17H2,1-3H3. The second-order valence-corrected chi connectivity index (χ2v) is 5.71. The van der Waals surface area contributed by atoms with Gasteiger partial charge in [0, 0.05) is 18.7 Å². The van der Waals surface area contributed by atoms with E-state index in [1.807, 2.05) is 20.9 Å². The molecule has 0 aliphatic heterocycles. The zero-order chi connectivity index (χ0) is 14.9. The largest absolute Gasteiger partial charge is 0.439 e. The van der Waals surface area contributed by atoms with Gasteiger partial charge in [-0.25, -0.2) is 9.07 Å². The molecule has 2 N–H and O–H groups in total. The Kier molecular flexibility index (Phi) is 4.45. The molecule has 0 aliphatic rings. The van der Waals surface area contributed by atoms with Crippen LogP contribution in [0.4, 0.5) is 4.39 Å². The van der Waals surface area contributed by atoms with E-state index < -0.39 is 0 Å². The van der Waals surface area contributed by atoms with Gasteiger partial charge in [-0.2, -0.15) is 5.10 Å². The third-order valence-electron chi connectivity index (χ3n) is 2.92. The molecule has 6 heteroatoms. The smallest absolute Gasteiger partial charge is 0.221 e. The molecule has 0 spiro atoms. The molecule has 1 aromatic carbocycles. The van der Waals surface area contributed by atoms with Gasteiger partial charge in [-0.15, -0.1) is 0 Å². The molecule has 1 unspecified atom stereocenters. The van der Waals surface area contributed by atoms with Crippen LogP contribution in [0.1, 0.15) is 18.2 Å². The molecule has 2 rings (SSSR count). The zero-order valence-corrected chi connectivity index (χ0v) is 13.2. The lowest BCUT2D eigenvalue weighted by molar-refractivity contribution is 0.423. The van der Waals surface area contributed by atoms with Gasteiger partial charge in [0.25, 0.3) is 0 Å². The summed E-state index contributed by atoms with van der Waals surface area (Å²) in [6, 6.07) is 4.54.